The standard InChI is InChI=1S/C12H24N2O2/c1-5-10(2)13-6-8-14(9-7-13)12(3,4)11(15)16/h10H,5-9H2,1-4H3,(H,15,16). The van der Waals surface area contributed by atoms with Crippen LogP contribution in [0.2, 0.25) is 0 Å². The van der Waals surface area contributed by atoms with Crippen LogP contribution in [0.4, 0.5) is 0 Å². The summed E-state index contributed by atoms with van der Waals surface area (Å²) >= 11 is 0. The van der Waals surface area contributed by atoms with Crippen molar-refractivity contribution in [1.29, 1.82) is 0 Å². The molecular weight excluding hydrogens is 204 g/mol. The maximum Gasteiger partial charge on any atom is 0.323 e. The van der Waals surface area contributed by atoms with Crippen molar-refractivity contribution in [1.82, 2.24) is 9.80 Å². The van der Waals surface area contributed by atoms with Gasteiger partial charge in [-0.3, -0.25) is 14.6 Å². The topological polar surface area (TPSA) is 43.8 Å². The van der Waals surface area contributed by atoms with Crippen molar-refractivity contribution in [3.63, 3.8) is 0 Å². The van der Waals surface area contributed by atoms with E-state index >= 15 is 0 Å². The molecule has 4 nitrogen and oxygen atoms in total. The predicted molar refractivity (Wildman–Crippen MR) is 64.6 cm³/mol. The zero-order valence-corrected chi connectivity index (χ0v) is 10.9. The molecule has 1 heterocycles. The molecule has 0 radical (unpaired) electrons. The summed E-state index contributed by atoms with van der Waals surface area (Å²) in [6, 6.07) is 0.607. The van der Waals surface area contributed by atoms with Gasteiger partial charge in [0, 0.05) is 32.2 Å². The van der Waals surface area contributed by atoms with E-state index in [0.29, 0.717) is 6.04 Å². The molecule has 1 atom stereocenters. The Morgan fingerprint density at radius 1 is 1.31 bits per heavy atom. The summed E-state index contributed by atoms with van der Waals surface area (Å²) in [6.07, 6.45) is 1.16. The van der Waals surface area contributed by atoms with Crippen LogP contribution in [0.5, 0.6) is 0 Å². The molecule has 4 heteroatoms. The average molecular weight is 228 g/mol. The number of nitrogens with zero attached hydrogens (tertiary/aromatic N) is 2. The molecule has 0 spiro atoms. The van der Waals surface area contributed by atoms with E-state index in [1.807, 2.05) is 0 Å². The van der Waals surface area contributed by atoms with Crippen LogP contribution in [0.3, 0.4) is 0 Å². The molecule has 1 aliphatic heterocycles. The normalized spacial score (nSPS) is 22.0. The van der Waals surface area contributed by atoms with E-state index in [9.17, 15) is 4.79 Å². The number of aliphatic carboxylic acids is 1. The molecule has 0 bridgehead atoms. The zero-order valence-electron chi connectivity index (χ0n) is 10.9. The second-order valence-corrected chi connectivity index (χ2v) is 5.14. The van der Waals surface area contributed by atoms with Gasteiger partial charge in [0.05, 0.1) is 0 Å². The van der Waals surface area contributed by atoms with Crippen LogP contribution in [-0.4, -0.2) is 58.6 Å². The molecule has 0 saturated carbocycles. The number of carbonyl (C=O) groups is 1. The average Bonchev–Trinajstić information content (AvgIpc) is 2.28. The van der Waals surface area contributed by atoms with Crippen LogP contribution in [0.1, 0.15) is 34.1 Å². The Morgan fingerprint density at radius 3 is 2.19 bits per heavy atom. The Morgan fingerprint density at radius 2 is 1.81 bits per heavy atom. The molecule has 1 saturated heterocycles. The van der Waals surface area contributed by atoms with Gasteiger partial charge in [-0.05, 0) is 27.2 Å². The van der Waals surface area contributed by atoms with Gasteiger partial charge in [0.25, 0.3) is 0 Å². The van der Waals surface area contributed by atoms with Crippen LogP contribution >= 0.6 is 0 Å². The van der Waals surface area contributed by atoms with Crippen molar-refractivity contribution in [2.24, 2.45) is 0 Å². The van der Waals surface area contributed by atoms with Crippen molar-refractivity contribution < 1.29 is 9.90 Å². The lowest BCUT2D eigenvalue weighted by molar-refractivity contribution is -0.150. The second kappa shape index (κ2) is 5.15. The summed E-state index contributed by atoms with van der Waals surface area (Å²) in [5.41, 5.74) is -0.735. The minimum Gasteiger partial charge on any atom is -0.480 e. The molecule has 0 amide bonds. The van der Waals surface area contributed by atoms with Gasteiger partial charge < -0.3 is 5.11 Å². The van der Waals surface area contributed by atoms with Gasteiger partial charge in [0.2, 0.25) is 0 Å². The largest absolute Gasteiger partial charge is 0.480 e. The highest BCUT2D eigenvalue weighted by Gasteiger charge is 2.36. The number of hydrogen-bond acceptors (Lipinski definition) is 3. The first kappa shape index (κ1) is 13.5. The van der Waals surface area contributed by atoms with Gasteiger partial charge in [0.15, 0.2) is 0 Å². The number of rotatable bonds is 4. The van der Waals surface area contributed by atoms with Crippen LogP contribution in [0.15, 0.2) is 0 Å². The lowest BCUT2D eigenvalue weighted by Gasteiger charge is -2.43. The van der Waals surface area contributed by atoms with E-state index in [-0.39, 0.29) is 0 Å². The zero-order chi connectivity index (χ0) is 12.3. The van der Waals surface area contributed by atoms with Gasteiger partial charge in [0.1, 0.15) is 5.54 Å². The van der Waals surface area contributed by atoms with Gasteiger partial charge in [-0.1, -0.05) is 6.92 Å². The van der Waals surface area contributed by atoms with Crippen LogP contribution in [0, 0.1) is 0 Å². The third kappa shape index (κ3) is 2.74. The molecule has 94 valence electrons. The highest BCUT2D eigenvalue weighted by Crippen LogP contribution is 2.18. The lowest BCUT2D eigenvalue weighted by Crippen LogP contribution is -2.58. The van der Waals surface area contributed by atoms with E-state index in [1.54, 1.807) is 13.8 Å². The maximum atomic E-state index is 11.1. The van der Waals surface area contributed by atoms with Crippen molar-refractivity contribution in [2.75, 3.05) is 26.2 Å². The summed E-state index contributed by atoms with van der Waals surface area (Å²) in [4.78, 5) is 15.6. The van der Waals surface area contributed by atoms with Crippen LogP contribution < -0.4 is 0 Å². The summed E-state index contributed by atoms with van der Waals surface area (Å²) in [6.45, 7) is 11.7. The van der Waals surface area contributed by atoms with Crippen LogP contribution in [0.25, 0.3) is 0 Å². The molecule has 0 aliphatic carbocycles. The molecule has 0 aromatic rings. The Bertz CT molecular complexity index is 245. The molecule has 16 heavy (non-hydrogen) atoms. The van der Waals surface area contributed by atoms with E-state index in [0.717, 1.165) is 32.6 Å². The first-order valence-corrected chi connectivity index (χ1v) is 6.12. The van der Waals surface area contributed by atoms with Crippen molar-refractivity contribution in [2.45, 2.75) is 45.7 Å². The van der Waals surface area contributed by atoms with E-state index < -0.39 is 11.5 Å². The lowest BCUT2D eigenvalue weighted by atomic mass is 10.0. The number of carboxylic acids is 1. The van der Waals surface area contributed by atoms with Crippen LogP contribution in [-0.2, 0) is 4.79 Å². The highest BCUT2D eigenvalue weighted by atomic mass is 16.4. The van der Waals surface area contributed by atoms with Gasteiger partial charge in [-0.15, -0.1) is 0 Å². The van der Waals surface area contributed by atoms with Gasteiger partial charge >= 0.3 is 5.97 Å². The van der Waals surface area contributed by atoms with E-state index in [1.165, 1.54) is 0 Å². The molecule has 1 aliphatic rings. The van der Waals surface area contributed by atoms with E-state index in [4.69, 9.17) is 5.11 Å². The Labute approximate surface area is 98.2 Å². The highest BCUT2D eigenvalue weighted by molar-refractivity contribution is 5.77. The fourth-order valence-electron chi connectivity index (χ4n) is 2.12. The quantitative estimate of drug-likeness (QED) is 0.787. The smallest absolute Gasteiger partial charge is 0.323 e. The third-order valence-corrected chi connectivity index (χ3v) is 3.84. The summed E-state index contributed by atoms with van der Waals surface area (Å²) in [5, 5.41) is 9.16. The summed E-state index contributed by atoms with van der Waals surface area (Å²) in [7, 11) is 0. The Hall–Kier alpha value is -0.610. The third-order valence-electron chi connectivity index (χ3n) is 3.84. The number of piperazine rings is 1. The summed E-state index contributed by atoms with van der Waals surface area (Å²) in [5.74, 6) is -0.732. The minimum atomic E-state index is -0.735. The SMILES string of the molecule is CCC(C)N1CCN(C(C)(C)C(=O)O)CC1. The molecule has 0 aromatic heterocycles. The first-order chi connectivity index (χ1) is 7.39. The first-order valence-electron chi connectivity index (χ1n) is 6.12. The molecule has 1 unspecified atom stereocenters. The predicted octanol–water partition coefficient (Wildman–Crippen LogP) is 1.27. The Balaban J connectivity index is 2.52. The van der Waals surface area contributed by atoms with Crippen molar-refractivity contribution in [3.05, 3.63) is 0 Å². The monoisotopic (exact) mass is 228 g/mol. The fraction of sp³-hybridized carbons (Fsp3) is 0.917. The maximum absolute atomic E-state index is 11.1. The molecule has 1 N–H and O–H groups in total. The molecule has 1 rings (SSSR count). The minimum absolute atomic E-state index is 0.607. The number of carboxylic acid groups (broad SMARTS) is 1. The fourth-order valence-corrected chi connectivity index (χ4v) is 2.12. The molecule has 0 aromatic carbocycles. The van der Waals surface area contributed by atoms with Gasteiger partial charge in [-0.25, -0.2) is 0 Å². The summed E-state index contributed by atoms with van der Waals surface area (Å²) < 4.78 is 0. The van der Waals surface area contributed by atoms with Crippen molar-refractivity contribution in [3.8, 4) is 0 Å². The number of hydrogen-bond donors (Lipinski definition) is 1. The molecule has 1 fully saturated rings. The van der Waals surface area contributed by atoms with Gasteiger partial charge in [-0.2, -0.15) is 0 Å². The Kier molecular flexibility index (Phi) is 4.33. The van der Waals surface area contributed by atoms with Crippen molar-refractivity contribution >= 4 is 5.97 Å². The second-order valence-electron chi connectivity index (χ2n) is 5.14. The van der Waals surface area contributed by atoms with E-state index in [2.05, 4.69) is 23.6 Å². The molecular formula is C12H24N2O2.